The number of carbonyl (C=O) groups is 4. The fourth-order valence-corrected chi connectivity index (χ4v) is 9.83. The fraction of sp³-hybridized carbons (Fsp3) is 0.382. The molecule has 81 heavy (non-hydrogen) atoms. The lowest BCUT2D eigenvalue weighted by Crippen LogP contribution is -2.20. The fourth-order valence-electron chi connectivity index (χ4n) is 9.83. The summed E-state index contributed by atoms with van der Waals surface area (Å²) < 4.78 is 161. The van der Waals surface area contributed by atoms with E-state index in [0.717, 1.165) is 100 Å². The molecule has 0 bridgehead atoms. The molecule has 2 aromatic carbocycles. The Bertz CT molecular complexity index is 3210. The molecule has 9 rings (SSSR count). The first-order chi connectivity index (χ1) is 37.6. The number of nitrogens with zero attached hydrogens (tertiary/aromatic N) is 7. The highest BCUT2D eigenvalue weighted by Crippen LogP contribution is 2.40. The van der Waals surface area contributed by atoms with Gasteiger partial charge in [-0.05, 0) is 129 Å². The molecule has 4 N–H and O–H groups in total. The molecule has 3 aliphatic rings. The van der Waals surface area contributed by atoms with Gasteiger partial charge < -0.3 is 15.9 Å². The maximum absolute atomic E-state index is 14.2. The molecule has 0 unspecified atom stereocenters. The number of aliphatic carboxylic acids is 2. The molecule has 1 saturated carbocycles. The van der Waals surface area contributed by atoms with E-state index in [0.29, 0.717) is 54.3 Å². The van der Waals surface area contributed by atoms with Gasteiger partial charge in [0, 0.05) is 43.2 Å². The van der Waals surface area contributed by atoms with E-state index in [1.807, 2.05) is 12.2 Å². The number of hydrogen-bond donors (Lipinski definition) is 3. The number of alkyl halides is 9. The molecule has 6 aromatic rings. The summed E-state index contributed by atoms with van der Waals surface area (Å²) >= 11 is 0. The second-order valence-electron chi connectivity index (χ2n) is 19.2. The SMILES string of the molecule is C.NC(=O)c1cc(-c2cccnc2[C@@H](CC(=O)Cn2nc(C(F)(F)F)cc2C2CCCC2)Cc2cc(F)cc(F)c2)ccc1F.O=C(O)Cn1nc(C(F)(F)F)cc1C1=CCCC1.O=C(O)Cn1nc(C(F)(F)F)cc1C1=CCCC1.[HH]. The average Bonchev–Trinajstić information content (AvgIpc) is 4.42. The van der Waals surface area contributed by atoms with E-state index in [1.54, 1.807) is 12.1 Å². The second-order valence-corrected chi connectivity index (χ2v) is 19.2. The van der Waals surface area contributed by atoms with Gasteiger partial charge in [-0.2, -0.15) is 54.8 Å². The summed E-state index contributed by atoms with van der Waals surface area (Å²) in [5.41, 5.74) is 5.40. The molecule has 4 heterocycles. The first-order valence-electron chi connectivity index (χ1n) is 24.9. The molecule has 0 saturated heterocycles. The maximum Gasteiger partial charge on any atom is 0.435 e. The standard InChI is InChI=1S/C32H28F6N4O2.2C11H11F3N2O2.CH4.H2/c33-22-11-18(12-23(34)15-22)10-21(30-25(6-3-9-40-30)20-7-8-27(35)26(14-20)31(39)44)13-24(43)17-42-28(19-4-1-2-5-19)16-29(41-42)32(36,37)38;2*12-11(13,14)9-5-8(7-3-1-2-4-7)16(15-9)6-10(17)18;;/h3,6-9,11-12,14-16,19,21H,1-2,4-5,10,13,17H2,(H2,39,44);2*3,5H,1-2,4,6H2,(H,17,18);1H4;1H/t21-;;;;/m1..../s1. The zero-order chi connectivity index (χ0) is 58.3. The zero-order valence-electron chi connectivity index (χ0n) is 42.1. The largest absolute Gasteiger partial charge is 0.480 e. The van der Waals surface area contributed by atoms with E-state index in [9.17, 15) is 71.9 Å². The minimum Gasteiger partial charge on any atom is -0.480 e. The molecule has 14 nitrogen and oxygen atoms in total. The van der Waals surface area contributed by atoms with Gasteiger partial charge in [-0.25, -0.2) is 13.2 Å². The van der Waals surface area contributed by atoms with Crippen molar-refractivity contribution in [2.75, 3.05) is 0 Å². The molecule has 1 atom stereocenters. The minimum absolute atomic E-state index is 0. The van der Waals surface area contributed by atoms with Crippen LogP contribution in [0.15, 0.2) is 85.1 Å². The first kappa shape index (κ1) is 62.1. The normalized spacial score (nSPS) is 15.0. The van der Waals surface area contributed by atoms with Crippen LogP contribution in [0.3, 0.4) is 0 Å². The van der Waals surface area contributed by atoms with Gasteiger partial charge in [0.2, 0.25) is 0 Å². The Morgan fingerprint density at radius 2 is 1.16 bits per heavy atom. The van der Waals surface area contributed by atoms with Crippen molar-refractivity contribution in [1.29, 1.82) is 0 Å². The van der Waals surface area contributed by atoms with Crippen LogP contribution in [0.5, 0.6) is 0 Å². The third-order valence-electron chi connectivity index (χ3n) is 13.3. The molecule has 0 spiro atoms. The quantitative estimate of drug-likeness (QED) is 0.0783. The number of primary amides is 1. The Morgan fingerprint density at radius 3 is 1.63 bits per heavy atom. The van der Waals surface area contributed by atoms with E-state index in [1.165, 1.54) is 18.3 Å². The van der Waals surface area contributed by atoms with E-state index in [-0.39, 0.29) is 50.1 Å². The molecule has 3 aliphatic carbocycles. The average molecular weight is 1150 g/mol. The van der Waals surface area contributed by atoms with Crippen LogP contribution in [0.25, 0.3) is 22.3 Å². The number of carboxylic acid groups (broad SMARTS) is 2. The lowest BCUT2D eigenvalue weighted by atomic mass is 9.86. The van der Waals surface area contributed by atoms with Crippen LogP contribution in [-0.2, 0) is 59.0 Å². The molecule has 26 heteroatoms. The van der Waals surface area contributed by atoms with Gasteiger partial charge in [-0.3, -0.25) is 38.2 Å². The lowest BCUT2D eigenvalue weighted by molar-refractivity contribution is -0.143. The number of Topliss-reactive ketones (excluding diaryl/α,β-unsaturated/α-hetero) is 1. The Balaban J connectivity index is 0.000000266. The lowest BCUT2D eigenvalue weighted by Gasteiger charge is -2.20. The van der Waals surface area contributed by atoms with Gasteiger partial charge in [0.15, 0.2) is 22.9 Å². The van der Waals surface area contributed by atoms with E-state index < -0.39 is 102 Å². The summed E-state index contributed by atoms with van der Waals surface area (Å²) in [5, 5.41) is 27.8. The Kier molecular flexibility index (Phi) is 20.0. The van der Waals surface area contributed by atoms with E-state index in [2.05, 4.69) is 20.3 Å². The number of hydrogen-bond acceptors (Lipinski definition) is 8. The number of allylic oxidation sites excluding steroid dienone is 4. The number of carboxylic acids is 2. The van der Waals surface area contributed by atoms with Crippen molar-refractivity contribution in [3.63, 3.8) is 0 Å². The van der Waals surface area contributed by atoms with Gasteiger partial charge in [0.1, 0.15) is 30.5 Å². The van der Waals surface area contributed by atoms with Crippen molar-refractivity contribution in [2.24, 2.45) is 5.73 Å². The number of rotatable bonds is 16. The summed E-state index contributed by atoms with van der Waals surface area (Å²) in [7, 11) is 0. The number of nitrogens with two attached hydrogens (primary N) is 1. The zero-order valence-corrected chi connectivity index (χ0v) is 42.1. The highest BCUT2D eigenvalue weighted by molar-refractivity contribution is 5.94. The predicted molar refractivity (Wildman–Crippen MR) is 271 cm³/mol. The van der Waals surface area contributed by atoms with Gasteiger partial charge >= 0.3 is 30.5 Å². The smallest absolute Gasteiger partial charge is 0.435 e. The van der Waals surface area contributed by atoms with Crippen molar-refractivity contribution in [3.05, 3.63) is 154 Å². The number of carbonyl (C=O) groups excluding carboxylic acids is 2. The molecule has 0 aliphatic heterocycles. The molecule has 436 valence electrons. The maximum atomic E-state index is 14.2. The van der Waals surface area contributed by atoms with E-state index >= 15 is 0 Å². The van der Waals surface area contributed by atoms with Crippen molar-refractivity contribution < 1.29 is 83.5 Å². The van der Waals surface area contributed by atoms with Gasteiger partial charge in [0.05, 0.1) is 29.2 Å². The van der Waals surface area contributed by atoms with Gasteiger partial charge in [-0.15, -0.1) is 0 Å². The molecule has 1 fully saturated rings. The highest BCUT2D eigenvalue weighted by atomic mass is 19.4. The second kappa shape index (κ2) is 26.0. The minimum atomic E-state index is -4.69. The van der Waals surface area contributed by atoms with Crippen molar-refractivity contribution in [3.8, 4) is 11.1 Å². The number of benzene rings is 2. The summed E-state index contributed by atoms with van der Waals surface area (Å²) in [6, 6.07) is 12.7. The number of ketones is 1. The summed E-state index contributed by atoms with van der Waals surface area (Å²) in [5.74, 6) is -7.35. The van der Waals surface area contributed by atoms with Crippen LogP contribution in [0.1, 0.15) is 147 Å². The van der Waals surface area contributed by atoms with Crippen molar-refractivity contribution >= 4 is 34.8 Å². The highest BCUT2D eigenvalue weighted by Gasteiger charge is 2.39. The van der Waals surface area contributed by atoms with Crippen molar-refractivity contribution in [1.82, 2.24) is 34.3 Å². The number of pyridine rings is 1. The monoisotopic (exact) mass is 1150 g/mol. The van der Waals surface area contributed by atoms with Crippen LogP contribution in [0.2, 0.25) is 0 Å². The topological polar surface area (TPSA) is 201 Å². The van der Waals surface area contributed by atoms with Crippen LogP contribution in [0.4, 0.5) is 52.7 Å². The van der Waals surface area contributed by atoms with Gasteiger partial charge in [-0.1, -0.05) is 44.6 Å². The predicted octanol–water partition coefficient (Wildman–Crippen LogP) is 13.1. The molecule has 4 aromatic heterocycles. The summed E-state index contributed by atoms with van der Waals surface area (Å²) in [4.78, 5) is 51.1. The molecular formula is C55H56F12N8O6. The molecule has 0 radical (unpaired) electrons. The Labute approximate surface area is 456 Å². The molecule has 1 amide bonds. The van der Waals surface area contributed by atoms with Crippen molar-refractivity contribution in [2.45, 2.75) is 134 Å². The third kappa shape index (κ3) is 16.3. The number of aromatic nitrogens is 7. The Morgan fingerprint density at radius 1 is 0.654 bits per heavy atom. The molecular weight excluding hydrogens is 1100 g/mol. The van der Waals surface area contributed by atoms with Gasteiger partial charge in [0.25, 0.3) is 5.91 Å². The number of halogens is 12. The Hall–Kier alpha value is -8.06. The van der Waals surface area contributed by atoms with Crippen LogP contribution in [-0.4, -0.2) is 68.2 Å². The summed E-state index contributed by atoms with van der Waals surface area (Å²) in [6.45, 7) is -1.58. The third-order valence-corrected chi connectivity index (χ3v) is 13.3. The van der Waals surface area contributed by atoms with Crippen LogP contribution < -0.4 is 5.73 Å². The van der Waals surface area contributed by atoms with Crippen LogP contribution >= 0.6 is 0 Å². The van der Waals surface area contributed by atoms with Crippen LogP contribution in [0, 0.1) is 17.5 Å². The summed E-state index contributed by atoms with van der Waals surface area (Å²) in [6.07, 6.45) is -1.27. The van der Waals surface area contributed by atoms with E-state index in [4.69, 9.17) is 15.9 Å². The number of amides is 1. The first-order valence-corrected chi connectivity index (χ1v) is 24.9.